The summed E-state index contributed by atoms with van der Waals surface area (Å²) in [6.45, 7) is 0. The van der Waals surface area contributed by atoms with Gasteiger partial charge in [-0.2, -0.15) is 0 Å². The molecule has 0 saturated heterocycles. The van der Waals surface area contributed by atoms with Gasteiger partial charge in [0.25, 0.3) is 0 Å². The van der Waals surface area contributed by atoms with Gasteiger partial charge in [0, 0.05) is 21.8 Å². The first kappa shape index (κ1) is 13.9. The molecule has 1 heterocycles. The third kappa shape index (κ3) is 1.93. The highest BCUT2D eigenvalue weighted by Crippen LogP contribution is 2.24. The number of fused-ring (bicyclic) bond motifs is 1. The molecule has 5 rings (SSSR count). The zero-order valence-electron chi connectivity index (χ0n) is 13.2. The standard InChI is InChI=1S/C22H13NO2/c24-21-15-8-3-6-14-7-4-9-16(19(14)15)22(25)20(21)18-12-11-13-5-1-2-10-17(13)23-18/h1-12,23H. The molecule has 0 fully saturated rings. The largest absolute Gasteiger partial charge is 0.354 e. The number of hydrogen-bond acceptors (Lipinski definition) is 3. The predicted molar refractivity (Wildman–Crippen MR) is 103 cm³/mol. The summed E-state index contributed by atoms with van der Waals surface area (Å²) in [6, 6.07) is 19.0. The van der Waals surface area contributed by atoms with Gasteiger partial charge in [-0.25, -0.2) is 0 Å². The Kier molecular flexibility index (Phi) is 2.80. The third-order valence-corrected chi connectivity index (χ3v) is 4.78. The molecule has 1 aliphatic rings. The van der Waals surface area contributed by atoms with Crippen LogP contribution >= 0.6 is 0 Å². The van der Waals surface area contributed by atoms with Crippen LogP contribution in [0.2, 0.25) is 0 Å². The van der Waals surface area contributed by atoms with Crippen molar-refractivity contribution in [3.8, 4) is 0 Å². The van der Waals surface area contributed by atoms with E-state index in [9.17, 15) is 9.59 Å². The van der Waals surface area contributed by atoms with Crippen molar-refractivity contribution in [2.75, 3.05) is 5.32 Å². The molecule has 118 valence electrons. The number of para-hydroxylation sites is 1. The minimum Gasteiger partial charge on any atom is -0.354 e. The van der Waals surface area contributed by atoms with Crippen LogP contribution < -0.4 is 21.4 Å². The molecule has 3 nitrogen and oxygen atoms in total. The van der Waals surface area contributed by atoms with Gasteiger partial charge in [0.15, 0.2) is 10.9 Å². The average molecular weight is 323 g/mol. The Hall–Kier alpha value is -3.46. The quantitative estimate of drug-likeness (QED) is 0.541. The molecule has 0 radical (unpaired) electrons. The van der Waals surface area contributed by atoms with Gasteiger partial charge < -0.3 is 5.32 Å². The second kappa shape index (κ2) is 5.02. The zero-order chi connectivity index (χ0) is 17.0. The topological polar surface area (TPSA) is 46.2 Å². The van der Waals surface area contributed by atoms with Gasteiger partial charge in [-0.15, -0.1) is 0 Å². The normalized spacial score (nSPS) is 13.2. The van der Waals surface area contributed by atoms with Crippen LogP contribution in [0.15, 0.2) is 76.3 Å². The van der Waals surface area contributed by atoms with Crippen LogP contribution in [0.4, 0.5) is 5.69 Å². The average Bonchev–Trinajstić information content (AvgIpc) is 2.66. The first-order chi connectivity index (χ1) is 12.2. The lowest BCUT2D eigenvalue weighted by Gasteiger charge is -2.15. The fourth-order valence-corrected chi connectivity index (χ4v) is 3.60. The van der Waals surface area contributed by atoms with Crippen molar-refractivity contribution in [1.29, 1.82) is 0 Å². The Balaban J connectivity index is 1.97. The number of benzene rings is 4. The van der Waals surface area contributed by atoms with Crippen molar-refractivity contribution in [2.24, 2.45) is 0 Å². The summed E-state index contributed by atoms with van der Waals surface area (Å²) < 4.78 is 0. The van der Waals surface area contributed by atoms with Crippen molar-refractivity contribution >= 4 is 39.0 Å². The summed E-state index contributed by atoms with van der Waals surface area (Å²) in [5, 5.41) is 6.29. The van der Waals surface area contributed by atoms with Crippen LogP contribution in [-0.4, -0.2) is 0 Å². The highest BCUT2D eigenvalue weighted by Gasteiger charge is 2.15. The first-order valence-corrected chi connectivity index (χ1v) is 8.13. The molecule has 0 spiro atoms. The van der Waals surface area contributed by atoms with E-state index in [0.29, 0.717) is 16.5 Å². The van der Waals surface area contributed by atoms with Gasteiger partial charge >= 0.3 is 0 Å². The van der Waals surface area contributed by atoms with Gasteiger partial charge in [0.05, 0.1) is 10.9 Å². The van der Waals surface area contributed by atoms with E-state index in [0.717, 1.165) is 22.0 Å². The lowest BCUT2D eigenvalue weighted by atomic mass is 9.97. The van der Waals surface area contributed by atoms with E-state index in [1.54, 1.807) is 12.1 Å². The Morgan fingerprint density at radius 3 is 2.08 bits per heavy atom. The molecule has 1 aliphatic heterocycles. The maximum absolute atomic E-state index is 13.1. The predicted octanol–water partition coefficient (Wildman–Crippen LogP) is 3.12. The van der Waals surface area contributed by atoms with E-state index in [-0.39, 0.29) is 16.1 Å². The molecule has 3 heteroatoms. The molecule has 0 unspecified atom stereocenters. The molecular weight excluding hydrogens is 310 g/mol. The lowest BCUT2D eigenvalue weighted by molar-refractivity contribution is 1.43. The van der Waals surface area contributed by atoms with Crippen molar-refractivity contribution in [2.45, 2.75) is 0 Å². The minimum atomic E-state index is -0.221. The van der Waals surface area contributed by atoms with E-state index in [2.05, 4.69) is 5.32 Å². The molecule has 4 aromatic carbocycles. The van der Waals surface area contributed by atoms with Gasteiger partial charge in [-0.1, -0.05) is 60.7 Å². The van der Waals surface area contributed by atoms with Crippen molar-refractivity contribution in [3.05, 3.63) is 98.0 Å². The Labute approximate surface area is 142 Å². The highest BCUT2D eigenvalue weighted by molar-refractivity contribution is 6.10. The summed E-state index contributed by atoms with van der Waals surface area (Å²) in [4.78, 5) is 26.1. The van der Waals surface area contributed by atoms with E-state index < -0.39 is 0 Å². The number of hydrogen-bond donors (Lipinski definition) is 1. The van der Waals surface area contributed by atoms with Crippen LogP contribution in [0, 0.1) is 0 Å². The fraction of sp³-hybridized carbons (Fsp3) is 0. The van der Waals surface area contributed by atoms with E-state index >= 15 is 0 Å². The molecule has 0 saturated carbocycles. The maximum atomic E-state index is 13.1. The van der Waals surface area contributed by atoms with Crippen molar-refractivity contribution < 1.29 is 0 Å². The molecule has 0 atom stereocenters. The molecule has 0 aliphatic carbocycles. The first-order valence-electron chi connectivity index (χ1n) is 8.13. The molecule has 1 N–H and O–H groups in total. The summed E-state index contributed by atoms with van der Waals surface area (Å²) >= 11 is 0. The van der Waals surface area contributed by atoms with Crippen molar-refractivity contribution in [1.82, 2.24) is 0 Å². The summed E-state index contributed by atoms with van der Waals surface area (Å²) in [7, 11) is 0. The van der Waals surface area contributed by atoms with Crippen LogP contribution in [0.3, 0.4) is 0 Å². The van der Waals surface area contributed by atoms with Crippen LogP contribution in [-0.2, 0) is 0 Å². The lowest BCUT2D eigenvalue weighted by Crippen LogP contribution is -2.42. The van der Waals surface area contributed by atoms with Gasteiger partial charge in [-0.05, 0) is 23.1 Å². The monoisotopic (exact) mass is 323 g/mol. The highest BCUT2D eigenvalue weighted by atomic mass is 16.1. The summed E-state index contributed by atoms with van der Waals surface area (Å²) in [5.74, 6) is 0. The number of rotatable bonds is 0. The molecule has 0 amide bonds. The van der Waals surface area contributed by atoms with E-state index in [1.165, 1.54) is 0 Å². The van der Waals surface area contributed by atoms with Crippen molar-refractivity contribution in [3.63, 3.8) is 0 Å². The molecule has 4 aromatic rings. The van der Waals surface area contributed by atoms with Crippen LogP contribution in [0.5, 0.6) is 0 Å². The summed E-state index contributed by atoms with van der Waals surface area (Å²) in [5.41, 5.74) is 2.04. The minimum absolute atomic E-state index is 0.206. The second-order valence-corrected chi connectivity index (χ2v) is 6.20. The van der Waals surface area contributed by atoms with E-state index in [1.807, 2.05) is 60.7 Å². The third-order valence-electron chi connectivity index (χ3n) is 4.78. The SMILES string of the molecule is O=c1c(=C2C=Cc3ccccc3N2)c(=O)c2cccc3cccc1c32. The van der Waals surface area contributed by atoms with E-state index in [4.69, 9.17) is 0 Å². The van der Waals surface area contributed by atoms with Gasteiger partial charge in [-0.3, -0.25) is 9.59 Å². The zero-order valence-corrected chi connectivity index (χ0v) is 13.2. The molecular formula is C22H13NO2. The maximum Gasteiger partial charge on any atom is 0.199 e. The molecule has 0 aromatic heterocycles. The van der Waals surface area contributed by atoms with Gasteiger partial charge in [0.2, 0.25) is 0 Å². The Morgan fingerprint density at radius 2 is 1.36 bits per heavy atom. The number of nitrogens with one attached hydrogen (secondary N) is 1. The van der Waals surface area contributed by atoms with Crippen LogP contribution in [0.25, 0.3) is 33.3 Å². The van der Waals surface area contributed by atoms with Gasteiger partial charge in [0.1, 0.15) is 0 Å². The molecule has 0 bridgehead atoms. The van der Waals surface area contributed by atoms with Crippen LogP contribution in [0.1, 0.15) is 5.56 Å². The smallest absolute Gasteiger partial charge is 0.199 e. The summed E-state index contributed by atoms with van der Waals surface area (Å²) in [6.07, 6.45) is 3.73. The fourth-order valence-electron chi connectivity index (χ4n) is 3.60. The Bertz CT molecular complexity index is 1290. The second-order valence-electron chi connectivity index (χ2n) is 6.20. The Morgan fingerprint density at radius 1 is 0.680 bits per heavy atom. The molecule has 25 heavy (non-hydrogen) atoms. The number of anilines is 1.